The van der Waals surface area contributed by atoms with Gasteiger partial charge in [0.25, 0.3) is 0 Å². The second kappa shape index (κ2) is 5.54. The monoisotopic (exact) mass is 262 g/mol. The molecule has 0 radical (unpaired) electrons. The van der Waals surface area contributed by atoms with Crippen molar-refractivity contribution in [3.05, 3.63) is 29.3 Å². The van der Waals surface area contributed by atoms with Gasteiger partial charge in [-0.25, -0.2) is 0 Å². The molecule has 1 saturated carbocycles. The molecule has 1 fully saturated rings. The summed E-state index contributed by atoms with van der Waals surface area (Å²) in [4.78, 5) is 0. The van der Waals surface area contributed by atoms with Crippen LogP contribution in [0.1, 0.15) is 63.5 Å². The van der Waals surface area contributed by atoms with Crippen LogP contribution in [-0.2, 0) is 5.60 Å². The Hall–Kier alpha value is -1.02. The third-order valence-electron chi connectivity index (χ3n) is 4.39. The SMILES string of the molecule is COc1ccc(C(C)(C)O)cc1C1CCC(C)CC1. The number of hydrogen-bond donors (Lipinski definition) is 1. The van der Waals surface area contributed by atoms with E-state index >= 15 is 0 Å². The highest BCUT2D eigenvalue weighted by Crippen LogP contribution is 2.40. The summed E-state index contributed by atoms with van der Waals surface area (Å²) in [5, 5.41) is 10.2. The van der Waals surface area contributed by atoms with Crippen molar-refractivity contribution in [2.75, 3.05) is 7.11 Å². The smallest absolute Gasteiger partial charge is 0.122 e. The number of hydrogen-bond acceptors (Lipinski definition) is 2. The summed E-state index contributed by atoms with van der Waals surface area (Å²) in [6.07, 6.45) is 5.04. The molecule has 2 heteroatoms. The minimum Gasteiger partial charge on any atom is -0.496 e. The lowest BCUT2D eigenvalue weighted by molar-refractivity contribution is 0.0784. The molecule has 0 bridgehead atoms. The van der Waals surface area contributed by atoms with E-state index in [2.05, 4.69) is 13.0 Å². The maximum atomic E-state index is 10.2. The molecule has 0 aliphatic heterocycles. The molecular weight excluding hydrogens is 236 g/mol. The Balaban J connectivity index is 2.31. The average Bonchev–Trinajstić information content (AvgIpc) is 2.38. The summed E-state index contributed by atoms with van der Waals surface area (Å²) in [5.74, 6) is 2.39. The van der Waals surface area contributed by atoms with Crippen molar-refractivity contribution < 1.29 is 9.84 Å². The van der Waals surface area contributed by atoms with Gasteiger partial charge in [-0.3, -0.25) is 0 Å². The zero-order valence-corrected chi connectivity index (χ0v) is 12.6. The standard InChI is InChI=1S/C17H26O2/c1-12-5-7-13(8-6-12)15-11-14(17(2,3)18)9-10-16(15)19-4/h9-13,18H,5-8H2,1-4H3. The lowest BCUT2D eigenvalue weighted by Crippen LogP contribution is -2.17. The van der Waals surface area contributed by atoms with Crippen LogP contribution >= 0.6 is 0 Å². The summed E-state index contributed by atoms with van der Waals surface area (Å²) in [6.45, 7) is 6.00. The largest absolute Gasteiger partial charge is 0.496 e. The van der Waals surface area contributed by atoms with Crippen LogP contribution in [0.4, 0.5) is 0 Å². The van der Waals surface area contributed by atoms with E-state index in [1.165, 1.54) is 31.2 Å². The van der Waals surface area contributed by atoms with Gasteiger partial charge in [0.2, 0.25) is 0 Å². The Morgan fingerprint density at radius 2 is 1.79 bits per heavy atom. The Labute approximate surface area is 116 Å². The third-order valence-corrected chi connectivity index (χ3v) is 4.39. The van der Waals surface area contributed by atoms with Crippen molar-refractivity contribution in [2.45, 2.75) is 58.0 Å². The van der Waals surface area contributed by atoms with Gasteiger partial charge in [0.15, 0.2) is 0 Å². The molecule has 1 aromatic rings. The number of aliphatic hydroxyl groups is 1. The van der Waals surface area contributed by atoms with Crippen LogP contribution in [0.3, 0.4) is 0 Å². The molecule has 0 saturated heterocycles. The Morgan fingerprint density at radius 1 is 1.16 bits per heavy atom. The quantitative estimate of drug-likeness (QED) is 0.884. The summed E-state index contributed by atoms with van der Waals surface area (Å²) in [6, 6.07) is 6.11. The minimum atomic E-state index is -0.789. The molecule has 2 nitrogen and oxygen atoms in total. The highest BCUT2D eigenvalue weighted by atomic mass is 16.5. The third kappa shape index (κ3) is 3.30. The first kappa shape index (κ1) is 14.4. The van der Waals surface area contributed by atoms with Crippen molar-refractivity contribution in [2.24, 2.45) is 5.92 Å². The van der Waals surface area contributed by atoms with Gasteiger partial charge in [0, 0.05) is 0 Å². The van der Waals surface area contributed by atoms with Crippen LogP contribution in [0, 0.1) is 5.92 Å². The molecule has 1 aromatic carbocycles. The molecule has 0 spiro atoms. The van der Waals surface area contributed by atoms with Crippen LogP contribution < -0.4 is 4.74 Å². The second-order valence-electron chi connectivity index (χ2n) is 6.47. The first-order valence-electron chi connectivity index (χ1n) is 7.32. The normalized spacial score (nSPS) is 24.3. The number of ether oxygens (including phenoxy) is 1. The van der Waals surface area contributed by atoms with Crippen molar-refractivity contribution in [3.8, 4) is 5.75 Å². The van der Waals surface area contributed by atoms with E-state index in [-0.39, 0.29) is 0 Å². The highest BCUT2D eigenvalue weighted by Gasteiger charge is 2.25. The Morgan fingerprint density at radius 3 is 2.32 bits per heavy atom. The van der Waals surface area contributed by atoms with Gasteiger partial charge < -0.3 is 9.84 Å². The molecule has 0 unspecified atom stereocenters. The van der Waals surface area contributed by atoms with Gasteiger partial charge in [-0.1, -0.05) is 25.8 Å². The lowest BCUT2D eigenvalue weighted by atomic mass is 9.78. The summed E-state index contributed by atoms with van der Waals surface area (Å²) in [5.41, 5.74) is 1.46. The predicted molar refractivity (Wildman–Crippen MR) is 78.6 cm³/mol. The maximum absolute atomic E-state index is 10.2. The van der Waals surface area contributed by atoms with Crippen molar-refractivity contribution in [1.29, 1.82) is 0 Å². The fourth-order valence-electron chi connectivity index (χ4n) is 3.01. The minimum absolute atomic E-state index is 0.577. The highest BCUT2D eigenvalue weighted by molar-refractivity contribution is 5.41. The van der Waals surface area contributed by atoms with Crippen LogP contribution in [-0.4, -0.2) is 12.2 Å². The van der Waals surface area contributed by atoms with E-state index in [4.69, 9.17) is 4.74 Å². The van der Waals surface area contributed by atoms with Crippen molar-refractivity contribution in [1.82, 2.24) is 0 Å². The van der Waals surface area contributed by atoms with Crippen LogP contribution in [0.2, 0.25) is 0 Å². The molecule has 0 atom stereocenters. The summed E-state index contributed by atoms with van der Waals surface area (Å²) in [7, 11) is 1.73. The molecule has 19 heavy (non-hydrogen) atoms. The molecular formula is C17H26O2. The molecule has 0 aromatic heterocycles. The lowest BCUT2D eigenvalue weighted by Gasteiger charge is -2.29. The fraction of sp³-hybridized carbons (Fsp3) is 0.647. The van der Waals surface area contributed by atoms with E-state index in [0.29, 0.717) is 5.92 Å². The van der Waals surface area contributed by atoms with Gasteiger partial charge >= 0.3 is 0 Å². The molecule has 0 amide bonds. The fourth-order valence-corrected chi connectivity index (χ4v) is 3.01. The van der Waals surface area contributed by atoms with E-state index in [1.54, 1.807) is 7.11 Å². The van der Waals surface area contributed by atoms with Gasteiger partial charge in [-0.15, -0.1) is 0 Å². The number of rotatable bonds is 3. The molecule has 2 rings (SSSR count). The zero-order valence-electron chi connectivity index (χ0n) is 12.6. The van der Waals surface area contributed by atoms with Gasteiger partial charge in [0.05, 0.1) is 12.7 Å². The molecule has 106 valence electrons. The van der Waals surface area contributed by atoms with E-state index in [0.717, 1.165) is 17.2 Å². The van der Waals surface area contributed by atoms with Crippen LogP contribution in [0.25, 0.3) is 0 Å². The molecule has 1 N–H and O–H groups in total. The summed E-state index contributed by atoms with van der Waals surface area (Å²) >= 11 is 0. The Bertz CT molecular complexity index is 423. The number of benzene rings is 1. The Kier molecular flexibility index (Phi) is 4.19. The molecule has 1 aliphatic rings. The number of methoxy groups -OCH3 is 1. The molecule has 0 heterocycles. The van der Waals surface area contributed by atoms with Gasteiger partial charge in [0.1, 0.15) is 5.75 Å². The first-order chi connectivity index (χ1) is 8.91. The maximum Gasteiger partial charge on any atom is 0.122 e. The van der Waals surface area contributed by atoms with Gasteiger partial charge in [-0.2, -0.15) is 0 Å². The topological polar surface area (TPSA) is 29.5 Å². The first-order valence-corrected chi connectivity index (χ1v) is 7.32. The summed E-state index contributed by atoms with van der Waals surface area (Å²) < 4.78 is 5.51. The average molecular weight is 262 g/mol. The van der Waals surface area contributed by atoms with Crippen LogP contribution in [0.5, 0.6) is 5.75 Å². The predicted octanol–water partition coefficient (Wildman–Crippen LogP) is 4.22. The van der Waals surface area contributed by atoms with Crippen LogP contribution in [0.15, 0.2) is 18.2 Å². The van der Waals surface area contributed by atoms with E-state index < -0.39 is 5.60 Å². The molecule has 1 aliphatic carbocycles. The van der Waals surface area contributed by atoms with E-state index in [9.17, 15) is 5.11 Å². The van der Waals surface area contributed by atoms with Crippen molar-refractivity contribution >= 4 is 0 Å². The zero-order chi connectivity index (χ0) is 14.0. The van der Waals surface area contributed by atoms with Crippen molar-refractivity contribution in [3.63, 3.8) is 0 Å². The second-order valence-corrected chi connectivity index (χ2v) is 6.47. The van der Waals surface area contributed by atoms with E-state index in [1.807, 2.05) is 26.0 Å². The van der Waals surface area contributed by atoms with Gasteiger partial charge in [-0.05, 0) is 61.8 Å².